The van der Waals surface area contributed by atoms with E-state index in [0.29, 0.717) is 24.8 Å². The molecule has 3 unspecified atom stereocenters. The molecule has 0 bridgehead atoms. The molecule has 9 heteroatoms. The number of thioether (sulfide) groups is 1. The minimum atomic E-state index is -0.0471. The Labute approximate surface area is 146 Å². The van der Waals surface area contributed by atoms with Crippen LogP contribution in [0.2, 0.25) is 0 Å². The maximum atomic E-state index is 11.7. The van der Waals surface area contributed by atoms with Gasteiger partial charge in [-0.05, 0) is 31.2 Å². The summed E-state index contributed by atoms with van der Waals surface area (Å²) in [6, 6.07) is 0.477. The van der Waals surface area contributed by atoms with Gasteiger partial charge in [0.15, 0.2) is 0 Å². The second kappa shape index (κ2) is 10.3. The predicted octanol–water partition coefficient (Wildman–Crippen LogP) is 2.31. The largest absolute Gasteiger partial charge is 0.356 e. The van der Waals surface area contributed by atoms with E-state index in [1.807, 2.05) is 11.8 Å². The summed E-state index contributed by atoms with van der Waals surface area (Å²) in [5, 5.41) is 12.8. The van der Waals surface area contributed by atoms with Crippen LogP contribution in [0.3, 0.4) is 0 Å². The van der Waals surface area contributed by atoms with Gasteiger partial charge >= 0.3 is 6.03 Å². The molecule has 2 heterocycles. The summed E-state index contributed by atoms with van der Waals surface area (Å²) in [5.74, 6) is 1.09. The Bertz CT molecular complexity index is 483. The second-order valence-corrected chi connectivity index (χ2v) is 7.50. The predicted molar refractivity (Wildman–Crippen MR) is 94.8 cm³/mol. The van der Waals surface area contributed by atoms with Gasteiger partial charge in [0.25, 0.3) is 0 Å². The van der Waals surface area contributed by atoms with E-state index in [-0.39, 0.29) is 24.0 Å². The third-order valence-electron chi connectivity index (χ3n) is 4.40. The average Bonchev–Trinajstić information content (AvgIpc) is 3.10. The monoisotopic (exact) mass is 354 g/mol. The molecule has 134 valence electrons. The number of azide groups is 1. The fourth-order valence-electron chi connectivity index (χ4n) is 3.12. The van der Waals surface area contributed by atoms with E-state index in [0.717, 1.165) is 44.3 Å². The van der Waals surface area contributed by atoms with Crippen LogP contribution in [0, 0.1) is 0 Å². The number of unbranched alkanes of at least 4 members (excludes halogenated alkanes) is 3. The Morgan fingerprint density at radius 3 is 3.00 bits per heavy atom. The van der Waals surface area contributed by atoms with Crippen LogP contribution < -0.4 is 16.0 Å². The lowest BCUT2D eigenvalue weighted by atomic mass is 10.0. The lowest BCUT2D eigenvalue weighted by Crippen LogP contribution is -2.36. The molecule has 2 aliphatic rings. The van der Waals surface area contributed by atoms with Crippen molar-refractivity contribution in [2.45, 2.75) is 62.3 Å². The number of fused-ring (bicyclic) bond motifs is 1. The van der Waals surface area contributed by atoms with Crippen LogP contribution in [0.25, 0.3) is 10.4 Å². The second-order valence-electron chi connectivity index (χ2n) is 6.23. The molecule has 2 rings (SSSR count). The van der Waals surface area contributed by atoms with E-state index in [4.69, 9.17) is 5.53 Å². The highest BCUT2D eigenvalue weighted by atomic mass is 32.2. The fourth-order valence-corrected chi connectivity index (χ4v) is 4.66. The van der Waals surface area contributed by atoms with Gasteiger partial charge in [0, 0.05) is 35.4 Å². The number of rotatable bonds is 11. The summed E-state index contributed by atoms with van der Waals surface area (Å²) in [7, 11) is 0. The summed E-state index contributed by atoms with van der Waals surface area (Å²) in [6.07, 6.45) is 6.25. The highest BCUT2D eigenvalue weighted by Gasteiger charge is 2.42. The molecule has 3 N–H and O–H groups in total. The van der Waals surface area contributed by atoms with Crippen molar-refractivity contribution in [3.05, 3.63) is 10.4 Å². The first-order chi connectivity index (χ1) is 11.7. The molecule has 2 aliphatic heterocycles. The van der Waals surface area contributed by atoms with Crippen LogP contribution in [-0.2, 0) is 4.79 Å². The van der Waals surface area contributed by atoms with Crippen LogP contribution in [0.5, 0.6) is 0 Å². The zero-order chi connectivity index (χ0) is 17.2. The molecule has 0 aromatic rings. The molecular formula is C15H26N6O2S. The first-order valence-electron chi connectivity index (χ1n) is 8.67. The molecule has 0 radical (unpaired) electrons. The van der Waals surface area contributed by atoms with Gasteiger partial charge < -0.3 is 16.0 Å². The molecule has 24 heavy (non-hydrogen) atoms. The van der Waals surface area contributed by atoms with Crippen molar-refractivity contribution >= 4 is 23.7 Å². The summed E-state index contributed by atoms with van der Waals surface area (Å²) in [6.45, 7) is 1.22. The molecule has 3 amide bonds. The van der Waals surface area contributed by atoms with Gasteiger partial charge in [-0.3, -0.25) is 4.79 Å². The molecule has 0 aromatic carbocycles. The van der Waals surface area contributed by atoms with E-state index in [1.165, 1.54) is 0 Å². The Balaban J connectivity index is 1.45. The minimum Gasteiger partial charge on any atom is -0.356 e. The third kappa shape index (κ3) is 6.13. The molecule has 3 atom stereocenters. The molecular weight excluding hydrogens is 328 g/mol. The van der Waals surface area contributed by atoms with Gasteiger partial charge in [-0.15, -0.1) is 0 Å². The van der Waals surface area contributed by atoms with E-state index < -0.39 is 0 Å². The summed E-state index contributed by atoms with van der Waals surface area (Å²) < 4.78 is 0. The normalized spacial score (nSPS) is 24.7. The van der Waals surface area contributed by atoms with E-state index >= 15 is 0 Å². The van der Waals surface area contributed by atoms with Crippen LogP contribution in [0.1, 0.15) is 44.9 Å². The number of hydrogen-bond acceptors (Lipinski definition) is 4. The average molecular weight is 354 g/mol. The minimum absolute atomic E-state index is 0.0471. The van der Waals surface area contributed by atoms with Gasteiger partial charge in [-0.2, -0.15) is 11.8 Å². The summed E-state index contributed by atoms with van der Waals surface area (Å²) in [5.41, 5.74) is 8.15. The Hall–Kier alpha value is -1.60. The van der Waals surface area contributed by atoms with E-state index in [2.05, 4.69) is 26.0 Å². The van der Waals surface area contributed by atoms with Crippen LogP contribution in [-0.4, -0.2) is 48.1 Å². The van der Waals surface area contributed by atoms with Crippen molar-refractivity contribution in [1.29, 1.82) is 0 Å². The van der Waals surface area contributed by atoms with Gasteiger partial charge in [0.1, 0.15) is 0 Å². The molecule has 2 saturated heterocycles. The van der Waals surface area contributed by atoms with E-state index in [1.54, 1.807) is 0 Å². The molecule has 8 nitrogen and oxygen atoms in total. The van der Waals surface area contributed by atoms with E-state index in [9.17, 15) is 9.59 Å². The molecule has 2 fully saturated rings. The first kappa shape index (κ1) is 18.7. The lowest BCUT2D eigenvalue weighted by Gasteiger charge is -2.16. The quantitative estimate of drug-likeness (QED) is 0.174. The number of carbonyl (C=O) groups excluding carboxylic acids is 2. The smallest absolute Gasteiger partial charge is 0.315 e. The van der Waals surface area contributed by atoms with Crippen LogP contribution in [0.15, 0.2) is 5.11 Å². The summed E-state index contributed by atoms with van der Waals surface area (Å²) >= 11 is 1.91. The number of hydrogen-bond donors (Lipinski definition) is 3. The van der Waals surface area contributed by atoms with Gasteiger partial charge in [0.2, 0.25) is 5.91 Å². The van der Waals surface area contributed by atoms with Gasteiger partial charge in [0.05, 0.1) is 12.1 Å². The molecule has 0 aromatic heterocycles. The Morgan fingerprint density at radius 1 is 1.29 bits per heavy atom. The zero-order valence-corrected chi connectivity index (χ0v) is 14.7. The van der Waals surface area contributed by atoms with Crippen molar-refractivity contribution in [1.82, 2.24) is 16.0 Å². The SMILES string of the molecule is [N-]=[N+]=NCCCCCNC(=O)CCCCC1SCC2NC(=O)NC21. The maximum absolute atomic E-state index is 11.7. The summed E-state index contributed by atoms with van der Waals surface area (Å²) in [4.78, 5) is 25.8. The topological polar surface area (TPSA) is 119 Å². The zero-order valence-electron chi connectivity index (χ0n) is 13.9. The Morgan fingerprint density at radius 2 is 2.17 bits per heavy atom. The maximum Gasteiger partial charge on any atom is 0.315 e. The molecule has 0 aliphatic carbocycles. The third-order valence-corrected chi connectivity index (χ3v) is 5.91. The van der Waals surface area contributed by atoms with Crippen LogP contribution in [0.4, 0.5) is 4.79 Å². The van der Waals surface area contributed by atoms with Crippen LogP contribution >= 0.6 is 11.8 Å². The molecule has 0 spiro atoms. The van der Waals surface area contributed by atoms with Gasteiger partial charge in [-0.1, -0.05) is 18.0 Å². The van der Waals surface area contributed by atoms with Crippen molar-refractivity contribution in [2.24, 2.45) is 5.11 Å². The lowest BCUT2D eigenvalue weighted by molar-refractivity contribution is -0.121. The Kier molecular flexibility index (Phi) is 8.04. The first-order valence-corrected chi connectivity index (χ1v) is 9.72. The highest BCUT2D eigenvalue weighted by Crippen LogP contribution is 2.33. The fraction of sp³-hybridized carbons (Fsp3) is 0.867. The number of urea groups is 1. The number of nitrogens with one attached hydrogen (secondary N) is 3. The van der Waals surface area contributed by atoms with Crippen molar-refractivity contribution in [2.75, 3.05) is 18.8 Å². The van der Waals surface area contributed by atoms with Crippen molar-refractivity contribution in [3.63, 3.8) is 0 Å². The van der Waals surface area contributed by atoms with Crippen molar-refractivity contribution in [3.8, 4) is 0 Å². The standard InChI is InChI=1S/C15H26N6O2S/c16-21-18-9-5-1-4-8-17-13(22)7-3-2-6-12-14-11(10-24-12)19-15(23)20-14/h11-12,14H,1-10H2,(H,17,22)(H2,19,20,23). The number of nitrogens with zero attached hydrogens (tertiary/aromatic N) is 3. The number of carbonyl (C=O) groups is 2. The molecule has 0 saturated carbocycles. The van der Waals surface area contributed by atoms with Crippen molar-refractivity contribution < 1.29 is 9.59 Å². The number of amides is 3. The highest BCUT2D eigenvalue weighted by molar-refractivity contribution is 8.00. The van der Waals surface area contributed by atoms with Gasteiger partial charge in [-0.25, -0.2) is 4.79 Å².